The number of methoxy groups -OCH3 is 1. The molecule has 0 aromatic carbocycles. The van der Waals surface area contributed by atoms with E-state index in [1.807, 2.05) is 6.92 Å². The Bertz CT molecular complexity index is 128. The molecule has 0 aliphatic carbocycles. The molecule has 0 spiro atoms. The molecule has 1 aliphatic rings. The molecule has 1 heterocycles. The van der Waals surface area contributed by atoms with Gasteiger partial charge in [-0.05, 0) is 6.92 Å². The Labute approximate surface area is 72.4 Å². The molecule has 1 rings (SSSR count). The highest BCUT2D eigenvalue weighted by atomic mass is 16.6. The lowest BCUT2D eigenvalue weighted by atomic mass is 10.2. The predicted molar refractivity (Wildman–Crippen MR) is 43.0 cm³/mol. The highest BCUT2D eigenvalue weighted by molar-refractivity contribution is 4.81. The second kappa shape index (κ2) is 4.77. The first kappa shape index (κ1) is 9.92. The van der Waals surface area contributed by atoms with Crippen molar-refractivity contribution in [2.24, 2.45) is 0 Å². The zero-order valence-corrected chi connectivity index (χ0v) is 7.53. The molecule has 0 radical (unpaired) electrons. The SMILES string of the molecule is COCCO[C@H]1CO[C@H](C)[C@H]1O. The van der Waals surface area contributed by atoms with E-state index in [9.17, 15) is 5.11 Å². The van der Waals surface area contributed by atoms with Crippen LogP contribution in [0.25, 0.3) is 0 Å². The maximum Gasteiger partial charge on any atom is 0.109 e. The largest absolute Gasteiger partial charge is 0.388 e. The lowest BCUT2D eigenvalue weighted by Gasteiger charge is -2.14. The molecule has 12 heavy (non-hydrogen) atoms. The topological polar surface area (TPSA) is 47.9 Å². The fourth-order valence-electron chi connectivity index (χ4n) is 1.18. The summed E-state index contributed by atoms with van der Waals surface area (Å²) in [7, 11) is 1.62. The molecule has 1 fully saturated rings. The summed E-state index contributed by atoms with van der Waals surface area (Å²) in [4.78, 5) is 0. The quantitative estimate of drug-likeness (QED) is 0.602. The minimum atomic E-state index is -0.498. The van der Waals surface area contributed by atoms with E-state index in [2.05, 4.69) is 0 Å². The third-order valence-corrected chi connectivity index (χ3v) is 2.00. The molecule has 0 amide bonds. The second-order valence-electron chi connectivity index (χ2n) is 2.93. The van der Waals surface area contributed by atoms with Crippen LogP contribution in [0.5, 0.6) is 0 Å². The van der Waals surface area contributed by atoms with Crippen LogP contribution in [0.2, 0.25) is 0 Å². The molecule has 3 atom stereocenters. The first-order chi connectivity index (χ1) is 5.75. The average molecular weight is 176 g/mol. The Hall–Kier alpha value is -0.160. The summed E-state index contributed by atoms with van der Waals surface area (Å²) in [6.07, 6.45) is -0.797. The van der Waals surface area contributed by atoms with Gasteiger partial charge in [-0.3, -0.25) is 0 Å². The maximum atomic E-state index is 9.47. The van der Waals surface area contributed by atoms with Crippen molar-refractivity contribution < 1.29 is 19.3 Å². The summed E-state index contributed by atoms with van der Waals surface area (Å²) in [6, 6.07) is 0. The summed E-state index contributed by atoms with van der Waals surface area (Å²) >= 11 is 0. The van der Waals surface area contributed by atoms with Gasteiger partial charge in [0.25, 0.3) is 0 Å². The van der Waals surface area contributed by atoms with E-state index >= 15 is 0 Å². The van der Waals surface area contributed by atoms with E-state index in [4.69, 9.17) is 14.2 Å². The molecule has 72 valence electrons. The predicted octanol–water partition coefficient (Wildman–Crippen LogP) is -0.202. The zero-order chi connectivity index (χ0) is 8.97. The highest BCUT2D eigenvalue weighted by Gasteiger charge is 2.33. The minimum Gasteiger partial charge on any atom is -0.388 e. The molecule has 0 bridgehead atoms. The lowest BCUT2D eigenvalue weighted by molar-refractivity contribution is -0.0324. The molecule has 1 aliphatic heterocycles. The highest BCUT2D eigenvalue weighted by Crippen LogP contribution is 2.16. The van der Waals surface area contributed by atoms with Crippen LogP contribution in [0.15, 0.2) is 0 Å². The maximum absolute atomic E-state index is 9.47. The van der Waals surface area contributed by atoms with Gasteiger partial charge in [0.1, 0.15) is 12.2 Å². The number of ether oxygens (including phenoxy) is 3. The van der Waals surface area contributed by atoms with Crippen molar-refractivity contribution in [1.82, 2.24) is 0 Å². The lowest BCUT2D eigenvalue weighted by Crippen LogP contribution is -2.31. The monoisotopic (exact) mass is 176 g/mol. The Kier molecular flexibility index (Phi) is 3.94. The van der Waals surface area contributed by atoms with Gasteiger partial charge in [0, 0.05) is 7.11 Å². The van der Waals surface area contributed by atoms with Crippen molar-refractivity contribution in [2.75, 3.05) is 26.9 Å². The van der Waals surface area contributed by atoms with Crippen LogP contribution in [-0.4, -0.2) is 50.3 Å². The summed E-state index contributed by atoms with van der Waals surface area (Å²) in [5.74, 6) is 0. The third-order valence-electron chi connectivity index (χ3n) is 2.00. The van der Waals surface area contributed by atoms with Gasteiger partial charge in [0.2, 0.25) is 0 Å². The van der Waals surface area contributed by atoms with Crippen molar-refractivity contribution in [3.8, 4) is 0 Å². The first-order valence-electron chi connectivity index (χ1n) is 4.16. The summed E-state index contributed by atoms with van der Waals surface area (Å²) < 4.78 is 15.3. The molecule has 0 aromatic heterocycles. The van der Waals surface area contributed by atoms with Crippen LogP contribution in [-0.2, 0) is 14.2 Å². The molecular formula is C8H16O4. The van der Waals surface area contributed by atoms with Crippen LogP contribution >= 0.6 is 0 Å². The molecule has 1 saturated heterocycles. The molecule has 0 unspecified atom stereocenters. The van der Waals surface area contributed by atoms with E-state index in [1.54, 1.807) is 7.11 Å². The van der Waals surface area contributed by atoms with E-state index < -0.39 is 6.10 Å². The van der Waals surface area contributed by atoms with Crippen LogP contribution in [0, 0.1) is 0 Å². The van der Waals surface area contributed by atoms with Crippen molar-refractivity contribution in [1.29, 1.82) is 0 Å². The van der Waals surface area contributed by atoms with Crippen LogP contribution in [0.1, 0.15) is 6.92 Å². The second-order valence-corrected chi connectivity index (χ2v) is 2.93. The third kappa shape index (κ3) is 2.42. The van der Waals surface area contributed by atoms with Gasteiger partial charge < -0.3 is 19.3 Å². The van der Waals surface area contributed by atoms with Crippen LogP contribution in [0.3, 0.4) is 0 Å². The van der Waals surface area contributed by atoms with Crippen molar-refractivity contribution in [3.05, 3.63) is 0 Å². The molecule has 0 saturated carbocycles. The molecular weight excluding hydrogens is 160 g/mol. The number of rotatable bonds is 4. The molecule has 4 nitrogen and oxygen atoms in total. The Morgan fingerprint density at radius 3 is 2.75 bits per heavy atom. The van der Waals surface area contributed by atoms with E-state index in [1.165, 1.54) is 0 Å². The smallest absolute Gasteiger partial charge is 0.109 e. The average Bonchev–Trinajstić information content (AvgIpc) is 2.36. The summed E-state index contributed by atoms with van der Waals surface area (Å²) in [5, 5.41) is 9.47. The van der Waals surface area contributed by atoms with Gasteiger partial charge in [-0.2, -0.15) is 0 Å². The number of hydrogen-bond acceptors (Lipinski definition) is 4. The molecule has 0 aromatic rings. The van der Waals surface area contributed by atoms with E-state index in [0.29, 0.717) is 19.8 Å². The fraction of sp³-hybridized carbons (Fsp3) is 1.00. The minimum absolute atomic E-state index is 0.113. The van der Waals surface area contributed by atoms with Gasteiger partial charge in [0.05, 0.1) is 25.9 Å². The van der Waals surface area contributed by atoms with Gasteiger partial charge in [-0.1, -0.05) is 0 Å². The van der Waals surface area contributed by atoms with Gasteiger partial charge in [-0.15, -0.1) is 0 Å². The Morgan fingerprint density at radius 1 is 1.50 bits per heavy atom. The number of aliphatic hydroxyl groups is 1. The van der Waals surface area contributed by atoms with Gasteiger partial charge in [0.15, 0.2) is 0 Å². The Balaban J connectivity index is 2.16. The van der Waals surface area contributed by atoms with Gasteiger partial charge in [-0.25, -0.2) is 0 Å². The van der Waals surface area contributed by atoms with E-state index in [0.717, 1.165) is 0 Å². The Morgan fingerprint density at radius 2 is 2.25 bits per heavy atom. The summed E-state index contributed by atoms with van der Waals surface area (Å²) in [6.45, 7) is 3.38. The normalized spacial score (nSPS) is 35.8. The molecule has 4 heteroatoms. The van der Waals surface area contributed by atoms with E-state index in [-0.39, 0.29) is 12.2 Å². The van der Waals surface area contributed by atoms with Crippen LogP contribution in [0.4, 0.5) is 0 Å². The van der Waals surface area contributed by atoms with Crippen molar-refractivity contribution in [3.63, 3.8) is 0 Å². The van der Waals surface area contributed by atoms with Crippen LogP contribution < -0.4 is 0 Å². The number of hydrogen-bond donors (Lipinski definition) is 1. The zero-order valence-electron chi connectivity index (χ0n) is 7.53. The molecule has 1 N–H and O–H groups in total. The standard InChI is InChI=1S/C8H16O4/c1-6-8(9)7(5-12-6)11-4-3-10-2/h6-9H,3-5H2,1-2H3/t6-,7+,8-/m1/s1. The van der Waals surface area contributed by atoms with Gasteiger partial charge >= 0.3 is 0 Å². The van der Waals surface area contributed by atoms with Crippen molar-refractivity contribution >= 4 is 0 Å². The fourth-order valence-corrected chi connectivity index (χ4v) is 1.18. The number of aliphatic hydroxyl groups excluding tert-OH is 1. The first-order valence-corrected chi connectivity index (χ1v) is 4.16. The van der Waals surface area contributed by atoms with Crippen molar-refractivity contribution in [2.45, 2.75) is 25.2 Å². The summed E-state index contributed by atoms with van der Waals surface area (Å²) in [5.41, 5.74) is 0.